The van der Waals surface area contributed by atoms with E-state index in [-0.39, 0.29) is 12.4 Å². The highest BCUT2D eigenvalue weighted by Crippen LogP contribution is 2.01. The van der Waals surface area contributed by atoms with Gasteiger partial charge in [0, 0.05) is 5.88 Å². The summed E-state index contributed by atoms with van der Waals surface area (Å²) in [6.07, 6.45) is 1.06. The van der Waals surface area contributed by atoms with Crippen LogP contribution in [0.5, 0.6) is 0 Å². The first kappa shape index (κ1) is 12.8. The van der Waals surface area contributed by atoms with Crippen LogP contribution in [-0.2, 0) is 14.2 Å². The third-order valence-corrected chi connectivity index (χ3v) is 1.30. The Morgan fingerprint density at radius 1 is 1.46 bits per heavy atom. The van der Waals surface area contributed by atoms with Crippen LogP contribution < -0.4 is 0 Å². The quantitative estimate of drug-likeness (QED) is 0.265. The third kappa shape index (κ3) is 8.09. The van der Waals surface area contributed by atoms with Gasteiger partial charge < -0.3 is 14.2 Å². The lowest BCUT2D eigenvalue weighted by molar-refractivity contribution is -0.161. The molecule has 0 bridgehead atoms. The first-order chi connectivity index (χ1) is 6.20. The number of rotatable bonds is 8. The fourth-order valence-corrected chi connectivity index (χ4v) is 0.865. The molecule has 0 aliphatic carbocycles. The lowest BCUT2D eigenvalue weighted by atomic mass is 10.5. The minimum absolute atomic E-state index is 0.101. The van der Waals surface area contributed by atoms with Gasteiger partial charge in [-0.05, 0) is 13.8 Å². The Kier molecular flexibility index (Phi) is 8.19. The summed E-state index contributed by atoms with van der Waals surface area (Å²) in [6, 6.07) is 0. The number of alkyl halides is 1. The van der Waals surface area contributed by atoms with Gasteiger partial charge in [0.15, 0.2) is 0 Å². The fourth-order valence-electron chi connectivity index (χ4n) is 0.756. The highest BCUT2D eigenvalue weighted by atomic mass is 35.5. The van der Waals surface area contributed by atoms with Crippen LogP contribution in [-0.4, -0.2) is 31.5 Å². The number of hydrogen-bond donors (Lipinski definition) is 0. The largest absolute Gasteiger partial charge is 0.471 e. The smallest absolute Gasteiger partial charge is 0.222 e. The van der Waals surface area contributed by atoms with Gasteiger partial charge in [0.25, 0.3) is 0 Å². The Morgan fingerprint density at radius 3 is 2.62 bits per heavy atom. The molecule has 4 heteroatoms. The second kappa shape index (κ2) is 8.35. The maximum absolute atomic E-state index is 5.44. The van der Waals surface area contributed by atoms with Gasteiger partial charge in [-0.2, -0.15) is 0 Å². The van der Waals surface area contributed by atoms with Gasteiger partial charge in [-0.25, -0.2) is 0 Å². The molecule has 0 rings (SSSR count). The van der Waals surface area contributed by atoms with Crippen molar-refractivity contribution in [1.82, 2.24) is 0 Å². The first-order valence-corrected chi connectivity index (χ1v) is 4.79. The van der Waals surface area contributed by atoms with E-state index in [9.17, 15) is 0 Å². The summed E-state index contributed by atoms with van der Waals surface area (Å²) in [5.41, 5.74) is 0. The highest BCUT2D eigenvalue weighted by molar-refractivity contribution is 6.17. The molecular weight excluding hydrogens is 192 g/mol. The molecule has 0 radical (unpaired) electrons. The molecule has 1 unspecified atom stereocenters. The van der Waals surface area contributed by atoms with Crippen molar-refractivity contribution >= 4 is 11.6 Å². The van der Waals surface area contributed by atoms with Crippen molar-refractivity contribution in [2.24, 2.45) is 0 Å². The van der Waals surface area contributed by atoms with Crippen molar-refractivity contribution in [3.63, 3.8) is 0 Å². The SMILES string of the molecule is C=COC(COCCCl)OC(C)C. The summed E-state index contributed by atoms with van der Waals surface area (Å²) in [5.74, 6) is 0.475. The monoisotopic (exact) mass is 208 g/mol. The van der Waals surface area contributed by atoms with Crippen LogP contribution in [0.1, 0.15) is 13.8 Å². The Morgan fingerprint density at radius 2 is 2.15 bits per heavy atom. The van der Waals surface area contributed by atoms with E-state index < -0.39 is 0 Å². The molecule has 0 heterocycles. The molecule has 1 atom stereocenters. The third-order valence-electron chi connectivity index (χ3n) is 1.15. The van der Waals surface area contributed by atoms with E-state index >= 15 is 0 Å². The minimum atomic E-state index is -0.388. The molecule has 0 amide bonds. The fraction of sp³-hybridized carbons (Fsp3) is 0.778. The molecule has 0 aromatic heterocycles. The lowest BCUT2D eigenvalue weighted by Gasteiger charge is -2.19. The average molecular weight is 209 g/mol. The van der Waals surface area contributed by atoms with Crippen LogP contribution in [0.2, 0.25) is 0 Å². The summed E-state index contributed by atoms with van der Waals surface area (Å²) in [7, 11) is 0. The lowest BCUT2D eigenvalue weighted by Crippen LogP contribution is -2.25. The minimum Gasteiger partial charge on any atom is -0.471 e. The molecule has 0 aliphatic rings. The van der Waals surface area contributed by atoms with Gasteiger partial charge in [0.05, 0.1) is 19.0 Å². The van der Waals surface area contributed by atoms with Gasteiger partial charge >= 0.3 is 0 Å². The Bertz CT molecular complexity index is 128. The van der Waals surface area contributed by atoms with E-state index in [1.807, 2.05) is 13.8 Å². The van der Waals surface area contributed by atoms with Crippen molar-refractivity contribution in [3.05, 3.63) is 12.8 Å². The van der Waals surface area contributed by atoms with Crippen molar-refractivity contribution < 1.29 is 14.2 Å². The normalized spacial score (nSPS) is 12.9. The topological polar surface area (TPSA) is 27.7 Å². The van der Waals surface area contributed by atoms with Gasteiger partial charge in [-0.1, -0.05) is 6.58 Å². The number of hydrogen-bond acceptors (Lipinski definition) is 3. The van der Waals surface area contributed by atoms with Gasteiger partial charge in [-0.15, -0.1) is 11.6 Å². The van der Waals surface area contributed by atoms with Crippen LogP contribution in [0.3, 0.4) is 0 Å². The van der Waals surface area contributed by atoms with Crippen LogP contribution >= 0.6 is 11.6 Å². The zero-order valence-electron chi connectivity index (χ0n) is 8.16. The summed E-state index contributed by atoms with van der Waals surface area (Å²) < 4.78 is 15.6. The van der Waals surface area contributed by atoms with Crippen LogP contribution in [0.15, 0.2) is 12.8 Å². The maximum atomic E-state index is 5.44. The second-order valence-electron chi connectivity index (χ2n) is 2.68. The van der Waals surface area contributed by atoms with E-state index in [0.29, 0.717) is 19.1 Å². The number of ether oxygens (including phenoxy) is 3. The molecule has 78 valence electrons. The summed E-state index contributed by atoms with van der Waals surface area (Å²) in [6.45, 7) is 8.19. The van der Waals surface area contributed by atoms with Crippen molar-refractivity contribution in [1.29, 1.82) is 0 Å². The molecule has 0 aliphatic heterocycles. The molecular formula is C9H17ClO3. The van der Waals surface area contributed by atoms with E-state index in [1.54, 1.807) is 0 Å². The summed E-state index contributed by atoms with van der Waals surface area (Å²) in [4.78, 5) is 0. The van der Waals surface area contributed by atoms with Gasteiger partial charge in [0.1, 0.15) is 6.61 Å². The van der Waals surface area contributed by atoms with E-state index in [2.05, 4.69) is 6.58 Å². The summed E-state index contributed by atoms with van der Waals surface area (Å²) in [5, 5.41) is 0. The molecule has 0 N–H and O–H groups in total. The predicted molar refractivity (Wildman–Crippen MR) is 52.8 cm³/mol. The molecule has 0 saturated heterocycles. The van der Waals surface area contributed by atoms with Gasteiger partial charge in [-0.3, -0.25) is 0 Å². The van der Waals surface area contributed by atoms with Crippen LogP contribution in [0, 0.1) is 0 Å². The van der Waals surface area contributed by atoms with Crippen molar-refractivity contribution in [2.75, 3.05) is 19.1 Å². The van der Waals surface area contributed by atoms with Crippen molar-refractivity contribution in [2.45, 2.75) is 26.2 Å². The second-order valence-corrected chi connectivity index (χ2v) is 3.06. The van der Waals surface area contributed by atoms with E-state index in [4.69, 9.17) is 25.8 Å². The summed E-state index contributed by atoms with van der Waals surface area (Å²) >= 11 is 5.44. The van der Waals surface area contributed by atoms with Crippen LogP contribution in [0.4, 0.5) is 0 Å². The Labute approximate surface area is 84.6 Å². The molecule has 0 aromatic rings. The van der Waals surface area contributed by atoms with E-state index in [0.717, 1.165) is 0 Å². The maximum Gasteiger partial charge on any atom is 0.222 e. The Balaban J connectivity index is 3.59. The molecule has 0 fully saturated rings. The predicted octanol–water partition coefficient (Wildman–Crippen LogP) is 2.15. The zero-order valence-corrected chi connectivity index (χ0v) is 8.92. The molecule has 0 aromatic carbocycles. The average Bonchev–Trinajstić information content (AvgIpc) is 2.04. The Hall–Kier alpha value is -0.250. The van der Waals surface area contributed by atoms with Gasteiger partial charge in [0.2, 0.25) is 6.29 Å². The molecule has 0 spiro atoms. The highest BCUT2D eigenvalue weighted by Gasteiger charge is 2.10. The molecule has 0 saturated carbocycles. The molecule has 3 nitrogen and oxygen atoms in total. The molecule has 13 heavy (non-hydrogen) atoms. The standard InChI is InChI=1S/C9H17ClO3/c1-4-12-9(13-8(2)3)7-11-6-5-10/h4,8-9H,1,5-7H2,2-3H3. The van der Waals surface area contributed by atoms with Crippen molar-refractivity contribution in [3.8, 4) is 0 Å². The van der Waals surface area contributed by atoms with Crippen LogP contribution in [0.25, 0.3) is 0 Å². The number of halogens is 1. The first-order valence-electron chi connectivity index (χ1n) is 4.26. The van der Waals surface area contributed by atoms with E-state index in [1.165, 1.54) is 6.26 Å². The zero-order chi connectivity index (χ0) is 10.1.